The summed E-state index contributed by atoms with van der Waals surface area (Å²) in [7, 11) is 2.92. The van der Waals surface area contributed by atoms with Crippen molar-refractivity contribution in [3.63, 3.8) is 0 Å². The predicted octanol–water partition coefficient (Wildman–Crippen LogP) is 1.16. The van der Waals surface area contributed by atoms with E-state index < -0.39 is 12.0 Å². The fourth-order valence-corrected chi connectivity index (χ4v) is 1.29. The van der Waals surface area contributed by atoms with E-state index in [9.17, 15) is 4.79 Å². The van der Waals surface area contributed by atoms with Crippen LogP contribution in [-0.2, 0) is 16.0 Å². The van der Waals surface area contributed by atoms with Gasteiger partial charge >= 0.3 is 5.97 Å². The lowest BCUT2D eigenvalue weighted by molar-refractivity contribution is -0.142. The summed E-state index contributed by atoms with van der Waals surface area (Å²) in [5, 5.41) is 0. The van der Waals surface area contributed by atoms with Gasteiger partial charge in [-0.05, 0) is 24.1 Å². The van der Waals surface area contributed by atoms with Crippen molar-refractivity contribution in [1.82, 2.24) is 0 Å². The van der Waals surface area contributed by atoms with Gasteiger partial charge in [0, 0.05) is 0 Å². The molecule has 0 amide bonds. The monoisotopic (exact) mass is 245 g/mol. The molecule has 0 aliphatic rings. The van der Waals surface area contributed by atoms with E-state index in [2.05, 4.69) is 4.74 Å². The van der Waals surface area contributed by atoms with Gasteiger partial charge < -0.3 is 15.2 Å². The highest BCUT2D eigenvalue weighted by Gasteiger charge is 2.14. The molecule has 0 aliphatic carbocycles. The number of carbonyl (C=O) groups is 1. The molecule has 4 nitrogen and oxygen atoms in total. The number of esters is 1. The van der Waals surface area contributed by atoms with Crippen LogP contribution >= 0.6 is 12.4 Å². The molecule has 0 aliphatic heterocycles. The van der Waals surface area contributed by atoms with Crippen molar-refractivity contribution in [3.05, 3.63) is 29.8 Å². The molecular formula is C11H16ClNO3. The summed E-state index contributed by atoms with van der Waals surface area (Å²) in [6.07, 6.45) is 0.448. The second kappa shape index (κ2) is 7.09. The topological polar surface area (TPSA) is 61.5 Å². The number of ether oxygens (including phenoxy) is 2. The van der Waals surface area contributed by atoms with Crippen molar-refractivity contribution in [2.75, 3.05) is 14.2 Å². The van der Waals surface area contributed by atoms with Gasteiger partial charge in [-0.2, -0.15) is 0 Å². The number of carbonyl (C=O) groups excluding carboxylic acids is 1. The molecule has 0 radical (unpaired) electrons. The first kappa shape index (κ1) is 14.7. The maximum atomic E-state index is 11.1. The van der Waals surface area contributed by atoms with Crippen molar-refractivity contribution in [3.8, 4) is 5.75 Å². The Morgan fingerprint density at radius 2 is 2.12 bits per heavy atom. The number of benzene rings is 1. The Hall–Kier alpha value is -1.26. The van der Waals surface area contributed by atoms with Gasteiger partial charge in [0.15, 0.2) is 0 Å². The van der Waals surface area contributed by atoms with Crippen LogP contribution in [0.25, 0.3) is 0 Å². The molecule has 0 saturated carbocycles. The summed E-state index contributed by atoms with van der Waals surface area (Å²) < 4.78 is 9.61. The maximum Gasteiger partial charge on any atom is 0.322 e. The molecule has 0 bridgehead atoms. The number of hydrogen-bond donors (Lipinski definition) is 1. The second-order valence-corrected chi connectivity index (χ2v) is 3.19. The van der Waals surface area contributed by atoms with Gasteiger partial charge in [-0.15, -0.1) is 12.4 Å². The molecule has 0 aromatic heterocycles. The summed E-state index contributed by atoms with van der Waals surface area (Å²) in [6, 6.07) is 6.82. The van der Waals surface area contributed by atoms with Gasteiger partial charge in [-0.3, -0.25) is 4.79 Å². The summed E-state index contributed by atoms with van der Waals surface area (Å²) in [5.41, 5.74) is 6.59. The standard InChI is InChI=1S/C11H15NO3.ClH/c1-14-9-5-3-4-8(6-9)7-10(12)11(13)15-2;/h3-6,10H,7,12H2,1-2H3;1H. The Balaban J connectivity index is 0.00000225. The summed E-state index contributed by atoms with van der Waals surface area (Å²) in [5.74, 6) is 0.349. The molecule has 2 N–H and O–H groups in total. The van der Waals surface area contributed by atoms with Crippen LogP contribution in [0.4, 0.5) is 0 Å². The molecule has 1 rings (SSSR count). The molecule has 16 heavy (non-hydrogen) atoms. The summed E-state index contributed by atoms with van der Waals surface area (Å²) in [4.78, 5) is 11.1. The van der Waals surface area contributed by atoms with Crippen molar-refractivity contribution in [1.29, 1.82) is 0 Å². The average molecular weight is 246 g/mol. The minimum absolute atomic E-state index is 0. The zero-order valence-electron chi connectivity index (χ0n) is 9.30. The molecule has 90 valence electrons. The van der Waals surface area contributed by atoms with Crippen LogP contribution in [0.1, 0.15) is 5.56 Å². The molecule has 1 aromatic rings. The van der Waals surface area contributed by atoms with Gasteiger partial charge in [0.1, 0.15) is 11.8 Å². The molecule has 5 heteroatoms. The van der Waals surface area contributed by atoms with Crippen LogP contribution in [0.3, 0.4) is 0 Å². The lowest BCUT2D eigenvalue weighted by Crippen LogP contribution is -2.33. The van der Waals surface area contributed by atoms with Crippen LogP contribution in [0.2, 0.25) is 0 Å². The normalized spacial score (nSPS) is 11.2. The first-order chi connectivity index (χ1) is 7.17. The zero-order valence-corrected chi connectivity index (χ0v) is 10.1. The molecule has 1 aromatic carbocycles. The quantitative estimate of drug-likeness (QED) is 0.809. The van der Waals surface area contributed by atoms with Gasteiger partial charge in [-0.1, -0.05) is 12.1 Å². The van der Waals surface area contributed by atoms with E-state index in [4.69, 9.17) is 10.5 Å². The van der Waals surface area contributed by atoms with Crippen LogP contribution in [-0.4, -0.2) is 26.2 Å². The first-order valence-corrected chi connectivity index (χ1v) is 4.63. The molecular weight excluding hydrogens is 230 g/mol. The number of rotatable bonds is 4. The Morgan fingerprint density at radius 1 is 1.44 bits per heavy atom. The molecule has 1 atom stereocenters. The second-order valence-electron chi connectivity index (χ2n) is 3.19. The van der Waals surface area contributed by atoms with Crippen molar-refractivity contribution >= 4 is 18.4 Å². The van der Waals surface area contributed by atoms with E-state index >= 15 is 0 Å². The number of halogens is 1. The Kier molecular flexibility index (Phi) is 6.53. The van der Waals surface area contributed by atoms with E-state index in [1.807, 2.05) is 24.3 Å². The van der Waals surface area contributed by atoms with E-state index in [0.29, 0.717) is 6.42 Å². The molecule has 0 fully saturated rings. The largest absolute Gasteiger partial charge is 0.497 e. The van der Waals surface area contributed by atoms with Crippen molar-refractivity contribution in [2.24, 2.45) is 5.73 Å². The lowest BCUT2D eigenvalue weighted by Gasteiger charge is -2.09. The maximum absolute atomic E-state index is 11.1. The highest BCUT2D eigenvalue weighted by molar-refractivity contribution is 5.85. The van der Waals surface area contributed by atoms with E-state index in [1.165, 1.54) is 7.11 Å². The van der Waals surface area contributed by atoms with Crippen LogP contribution in [0.15, 0.2) is 24.3 Å². The van der Waals surface area contributed by atoms with E-state index in [1.54, 1.807) is 7.11 Å². The third-order valence-corrected chi connectivity index (χ3v) is 2.09. The number of nitrogens with two attached hydrogens (primary N) is 1. The minimum atomic E-state index is -0.623. The number of methoxy groups -OCH3 is 2. The van der Waals surface area contributed by atoms with Gasteiger partial charge in [0.2, 0.25) is 0 Å². The van der Waals surface area contributed by atoms with E-state index in [0.717, 1.165) is 11.3 Å². The summed E-state index contributed by atoms with van der Waals surface area (Å²) >= 11 is 0. The van der Waals surface area contributed by atoms with Crippen molar-refractivity contribution in [2.45, 2.75) is 12.5 Å². The third-order valence-electron chi connectivity index (χ3n) is 2.09. The van der Waals surface area contributed by atoms with Crippen LogP contribution < -0.4 is 10.5 Å². The highest BCUT2D eigenvalue weighted by Crippen LogP contribution is 2.13. The summed E-state index contributed by atoms with van der Waals surface area (Å²) in [6.45, 7) is 0. The molecule has 0 heterocycles. The van der Waals surface area contributed by atoms with Crippen molar-refractivity contribution < 1.29 is 14.3 Å². The molecule has 1 unspecified atom stereocenters. The predicted molar refractivity (Wildman–Crippen MR) is 63.9 cm³/mol. The first-order valence-electron chi connectivity index (χ1n) is 4.63. The minimum Gasteiger partial charge on any atom is -0.497 e. The Bertz CT molecular complexity index is 344. The van der Waals surface area contributed by atoms with Gasteiger partial charge in [-0.25, -0.2) is 0 Å². The third kappa shape index (κ3) is 4.08. The average Bonchev–Trinajstić information content (AvgIpc) is 2.28. The van der Waals surface area contributed by atoms with Gasteiger partial charge in [0.05, 0.1) is 14.2 Å². The highest BCUT2D eigenvalue weighted by atomic mass is 35.5. The van der Waals surface area contributed by atoms with Crippen LogP contribution in [0.5, 0.6) is 5.75 Å². The fourth-order valence-electron chi connectivity index (χ4n) is 1.29. The molecule has 0 spiro atoms. The smallest absolute Gasteiger partial charge is 0.322 e. The Morgan fingerprint density at radius 3 is 2.69 bits per heavy atom. The Labute approximate surface area is 101 Å². The fraction of sp³-hybridized carbons (Fsp3) is 0.364. The van der Waals surface area contributed by atoms with Gasteiger partial charge in [0.25, 0.3) is 0 Å². The SMILES string of the molecule is COC(=O)C(N)Cc1cccc(OC)c1.Cl. The van der Waals surface area contributed by atoms with E-state index in [-0.39, 0.29) is 12.4 Å². The zero-order chi connectivity index (χ0) is 11.3. The number of hydrogen-bond acceptors (Lipinski definition) is 4. The molecule has 0 saturated heterocycles. The van der Waals surface area contributed by atoms with Crippen LogP contribution in [0, 0.1) is 0 Å². The lowest BCUT2D eigenvalue weighted by atomic mass is 10.1.